The van der Waals surface area contributed by atoms with Gasteiger partial charge in [0.25, 0.3) is 0 Å². The summed E-state index contributed by atoms with van der Waals surface area (Å²) >= 11 is 12.2. The Balaban J connectivity index is 2.34. The number of anilines is 1. The highest BCUT2D eigenvalue weighted by molar-refractivity contribution is 6.37. The highest BCUT2D eigenvalue weighted by atomic mass is 35.5. The van der Waals surface area contributed by atoms with Crippen molar-refractivity contribution < 1.29 is 4.74 Å². The summed E-state index contributed by atoms with van der Waals surface area (Å²) in [6.07, 6.45) is 0. The lowest BCUT2D eigenvalue weighted by atomic mass is 10.0. The van der Waals surface area contributed by atoms with Crippen molar-refractivity contribution in [2.24, 2.45) is 0 Å². The van der Waals surface area contributed by atoms with E-state index in [0.717, 1.165) is 0 Å². The predicted molar refractivity (Wildman–Crippen MR) is 81.5 cm³/mol. The summed E-state index contributed by atoms with van der Waals surface area (Å²) in [5.41, 5.74) is 7.37. The van der Waals surface area contributed by atoms with Crippen LogP contribution in [0.5, 0.6) is 11.5 Å². The van der Waals surface area contributed by atoms with Crippen LogP contribution in [-0.2, 0) is 0 Å². The van der Waals surface area contributed by atoms with Crippen LogP contribution in [0.15, 0.2) is 36.4 Å². The van der Waals surface area contributed by atoms with Crippen LogP contribution in [0, 0.1) is 0 Å². The van der Waals surface area contributed by atoms with Crippen molar-refractivity contribution in [3.63, 3.8) is 0 Å². The van der Waals surface area contributed by atoms with Gasteiger partial charge in [-0.3, -0.25) is 0 Å². The highest BCUT2D eigenvalue weighted by Crippen LogP contribution is 2.38. The van der Waals surface area contributed by atoms with Gasteiger partial charge >= 0.3 is 0 Å². The van der Waals surface area contributed by atoms with Gasteiger partial charge in [-0.15, -0.1) is 0 Å². The molecule has 19 heavy (non-hydrogen) atoms. The monoisotopic (exact) mass is 295 g/mol. The maximum atomic E-state index is 6.10. The first kappa shape index (κ1) is 14.0. The lowest BCUT2D eigenvalue weighted by Gasteiger charge is -2.12. The summed E-state index contributed by atoms with van der Waals surface area (Å²) in [6.45, 7) is 4.25. The lowest BCUT2D eigenvalue weighted by Crippen LogP contribution is -1.92. The van der Waals surface area contributed by atoms with E-state index in [0.29, 0.717) is 33.1 Å². The van der Waals surface area contributed by atoms with Gasteiger partial charge in [-0.1, -0.05) is 49.2 Å². The summed E-state index contributed by atoms with van der Waals surface area (Å²) in [7, 11) is 0. The second-order valence-electron chi connectivity index (χ2n) is 4.64. The molecule has 0 heterocycles. The molecular formula is C15H15Cl2NO. The van der Waals surface area contributed by atoms with Crippen molar-refractivity contribution in [3.8, 4) is 11.5 Å². The Hall–Kier alpha value is -1.38. The number of hydrogen-bond acceptors (Lipinski definition) is 2. The molecule has 0 saturated carbocycles. The van der Waals surface area contributed by atoms with Crippen molar-refractivity contribution in [2.45, 2.75) is 19.8 Å². The van der Waals surface area contributed by atoms with Gasteiger partial charge in [0.2, 0.25) is 0 Å². The Bertz CT molecular complexity index is 573. The van der Waals surface area contributed by atoms with Crippen LogP contribution in [-0.4, -0.2) is 0 Å². The standard InChI is InChI=1S/C15H15Cl2NO/c1-9(2)10-4-3-5-12(6-10)19-15-13(16)7-11(18)8-14(15)17/h3-9H,18H2,1-2H3. The fraction of sp³-hybridized carbons (Fsp3) is 0.200. The molecule has 0 fully saturated rings. The SMILES string of the molecule is CC(C)c1cccc(Oc2c(Cl)cc(N)cc2Cl)c1. The average molecular weight is 296 g/mol. The van der Waals surface area contributed by atoms with Crippen LogP contribution in [0.1, 0.15) is 25.3 Å². The van der Waals surface area contributed by atoms with E-state index in [4.69, 9.17) is 33.7 Å². The van der Waals surface area contributed by atoms with Gasteiger partial charge in [0.15, 0.2) is 5.75 Å². The maximum Gasteiger partial charge on any atom is 0.164 e. The molecule has 0 bridgehead atoms. The van der Waals surface area contributed by atoms with Crippen LogP contribution in [0.2, 0.25) is 10.0 Å². The largest absolute Gasteiger partial charge is 0.454 e. The topological polar surface area (TPSA) is 35.2 Å². The lowest BCUT2D eigenvalue weighted by molar-refractivity contribution is 0.482. The van der Waals surface area contributed by atoms with E-state index in [1.165, 1.54) is 5.56 Å². The first-order chi connectivity index (χ1) is 8.97. The molecule has 100 valence electrons. The van der Waals surface area contributed by atoms with Crippen molar-refractivity contribution in [1.82, 2.24) is 0 Å². The Morgan fingerprint density at radius 3 is 2.26 bits per heavy atom. The third-order valence-electron chi connectivity index (χ3n) is 2.77. The molecule has 0 saturated heterocycles. The first-order valence-corrected chi connectivity index (χ1v) is 6.75. The minimum absolute atomic E-state index is 0.403. The Labute approximate surface area is 123 Å². The molecule has 0 atom stereocenters. The summed E-state index contributed by atoms with van der Waals surface area (Å²) in [4.78, 5) is 0. The molecule has 0 spiro atoms. The first-order valence-electron chi connectivity index (χ1n) is 5.99. The molecule has 2 aromatic carbocycles. The minimum Gasteiger partial charge on any atom is -0.454 e. The van der Waals surface area contributed by atoms with Crippen LogP contribution in [0.25, 0.3) is 0 Å². The van der Waals surface area contributed by atoms with E-state index >= 15 is 0 Å². The number of nitrogens with two attached hydrogens (primary N) is 1. The zero-order chi connectivity index (χ0) is 14.0. The van der Waals surface area contributed by atoms with E-state index in [2.05, 4.69) is 19.9 Å². The second-order valence-corrected chi connectivity index (χ2v) is 5.46. The normalized spacial score (nSPS) is 10.8. The molecular weight excluding hydrogens is 281 g/mol. The van der Waals surface area contributed by atoms with Gasteiger partial charge < -0.3 is 10.5 Å². The average Bonchev–Trinajstić information content (AvgIpc) is 2.34. The number of halogens is 2. The Morgan fingerprint density at radius 2 is 1.68 bits per heavy atom. The van der Waals surface area contributed by atoms with E-state index in [1.54, 1.807) is 12.1 Å². The third kappa shape index (κ3) is 3.34. The third-order valence-corrected chi connectivity index (χ3v) is 3.33. The van der Waals surface area contributed by atoms with Crippen molar-refractivity contribution in [3.05, 3.63) is 52.0 Å². The molecule has 2 rings (SSSR count). The van der Waals surface area contributed by atoms with Crippen LogP contribution >= 0.6 is 23.2 Å². The van der Waals surface area contributed by atoms with E-state index in [1.807, 2.05) is 18.2 Å². The molecule has 0 amide bonds. The van der Waals surface area contributed by atoms with Crippen LogP contribution in [0.3, 0.4) is 0 Å². The fourth-order valence-corrected chi connectivity index (χ4v) is 2.31. The number of rotatable bonds is 3. The molecule has 0 unspecified atom stereocenters. The van der Waals surface area contributed by atoms with E-state index in [-0.39, 0.29) is 0 Å². The Kier molecular flexibility index (Phi) is 4.23. The van der Waals surface area contributed by atoms with E-state index < -0.39 is 0 Å². The molecule has 2 aromatic rings. The molecule has 0 aliphatic carbocycles. The number of ether oxygens (including phenoxy) is 1. The van der Waals surface area contributed by atoms with Crippen LogP contribution in [0.4, 0.5) is 5.69 Å². The summed E-state index contributed by atoms with van der Waals surface area (Å²) in [5.74, 6) is 1.57. The second kappa shape index (κ2) is 5.72. The molecule has 0 radical (unpaired) electrons. The van der Waals surface area contributed by atoms with Gasteiger partial charge in [-0.2, -0.15) is 0 Å². The van der Waals surface area contributed by atoms with Crippen molar-refractivity contribution in [2.75, 3.05) is 5.73 Å². The zero-order valence-corrected chi connectivity index (χ0v) is 12.3. The number of hydrogen-bond donors (Lipinski definition) is 1. The molecule has 2 N–H and O–H groups in total. The minimum atomic E-state index is 0.403. The molecule has 0 aliphatic heterocycles. The van der Waals surface area contributed by atoms with Gasteiger partial charge in [0.05, 0.1) is 10.0 Å². The molecule has 2 nitrogen and oxygen atoms in total. The number of benzene rings is 2. The fourth-order valence-electron chi connectivity index (χ4n) is 1.73. The summed E-state index contributed by atoms with van der Waals surface area (Å²) in [5, 5.41) is 0.805. The quantitative estimate of drug-likeness (QED) is 0.760. The summed E-state index contributed by atoms with van der Waals surface area (Å²) in [6, 6.07) is 11.1. The Morgan fingerprint density at radius 1 is 1.05 bits per heavy atom. The van der Waals surface area contributed by atoms with Gasteiger partial charge in [-0.25, -0.2) is 0 Å². The predicted octanol–water partition coefficient (Wildman–Crippen LogP) is 5.49. The van der Waals surface area contributed by atoms with Crippen molar-refractivity contribution >= 4 is 28.9 Å². The van der Waals surface area contributed by atoms with E-state index in [9.17, 15) is 0 Å². The zero-order valence-electron chi connectivity index (χ0n) is 10.8. The molecule has 0 aliphatic rings. The summed E-state index contributed by atoms with van der Waals surface area (Å²) < 4.78 is 5.77. The molecule has 4 heteroatoms. The smallest absolute Gasteiger partial charge is 0.164 e. The van der Waals surface area contributed by atoms with Gasteiger partial charge in [0, 0.05) is 5.69 Å². The van der Waals surface area contributed by atoms with Gasteiger partial charge in [-0.05, 0) is 35.7 Å². The maximum absolute atomic E-state index is 6.10. The highest BCUT2D eigenvalue weighted by Gasteiger charge is 2.10. The van der Waals surface area contributed by atoms with Crippen LogP contribution < -0.4 is 10.5 Å². The van der Waals surface area contributed by atoms with Crippen molar-refractivity contribution in [1.29, 1.82) is 0 Å². The number of nitrogen functional groups attached to an aromatic ring is 1. The molecule has 0 aromatic heterocycles. The van der Waals surface area contributed by atoms with Gasteiger partial charge in [0.1, 0.15) is 5.75 Å².